The number of carbonyl (C=O) groups is 3. The van der Waals surface area contributed by atoms with E-state index in [2.05, 4.69) is 0 Å². The van der Waals surface area contributed by atoms with Gasteiger partial charge in [-0.1, -0.05) is 26.0 Å². The summed E-state index contributed by atoms with van der Waals surface area (Å²) in [6, 6.07) is 9.14. The lowest BCUT2D eigenvalue weighted by Gasteiger charge is -2.50. The van der Waals surface area contributed by atoms with Crippen molar-refractivity contribution in [3.63, 3.8) is 0 Å². The highest BCUT2D eigenvalue weighted by Crippen LogP contribution is 2.22. The normalized spacial score (nSPS) is 18.2. The second-order valence-electron chi connectivity index (χ2n) is 7.98. The van der Waals surface area contributed by atoms with Crippen molar-refractivity contribution in [3.8, 4) is 11.8 Å². The van der Waals surface area contributed by atoms with Crippen molar-refractivity contribution in [2.45, 2.75) is 32.5 Å². The molecule has 168 valence electrons. The summed E-state index contributed by atoms with van der Waals surface area (Å²) in [7, 11) is 3.53. The molecule has 1 aromatic rings. The molecule has 1 aromatic carbocycles. The summed E-state index contributed by atoms with van der Waals surface area (Å²) in [5, 5.41) is 11.9. The molecule has 1 saturated heterocycles. The molecule has 0 N–H and O–H groups in total. The van der Waals surface area contributed by atoms with Gasteiger partial charge in [0.1, 0.15) is 24.7 Å². The summed E-state index contributed by atoms with van der Waals surface area (Å²) in [6.45, 7) is 4.56. The highest BCUT2D eigenvalue weighted by molar-refractivity contribution is 5.83. The third-order valence-electron chi connectivity index (χ3n) is 5.48. The Hall–Kier alpha value is -2.96. The maximum absolute atomic E-state index is 12.9. The van der Waals surface area contributed by atoms with Crippen LogP contribution in [0.5, 0.6) is 5.75 Å². The predicted molar refractivity (Wildman–Crippen MR) is 115 cm³/mol. The van der Waals surface area contributed by atoms with Gasteiger partial charge in [0.05, 0.1) is 25.8 Å². The standard InChI is InChI=1S/C22H31N5O4/c1-17(2)20(15-28)27-21(26(16-29)25(12-10-23)14-22(27)30)13-24(3)11-9-18-5-7-19(31-4)8-6-18/h5-8,15-17,20-21H,9,11-14H2,1-4H3/t20-,21?/m1/s1. The topological polar surface area (TPSA) is 97.2 Å². The Labute approximate surface area is 183 Å². The lowest BCUT2D eigenvalue weighted by molar-refractivity contribution is -0.187. The SMILES string of the molecule is COc1ccc(CCN(C)CC2N([C@H](C=O)C(C)C)C(=O)CN(CC#N)N2C=O)cc1. The van der Waals surface area contributed by atoms with Crippen LogP contribution in [0.25, 0.3) is 0 Å². The average molecular weight is 430 g/mol. The number of hydrogen-bond donors (Lipinski definition) is 0. The van der Waals surface area contributed by atoms with E-state index in [1.54, 1.807) is 7.11 Å². The maximum Gasteiger partial charge on any atom is 0.241 e. The molecule has 31 heavy (non-hydrogen) atoms. The highest BCUT2D eigenvalue weighted by atomic mass is 16.5. The summed E-state index contributed by atoms with van der Waals surface area (Å²) in [4.78, 5) is 40.2. The summed E-state index contributed by atoms with van der Waals surface area (Å²) < 4.78 is 5.18. The molecule has 0 spiro atoms. The number of nitrogens with zero attached hydrogens (tertiary/aromatic N) is 5. The van der Waals surface area contributed by atoms with E-state index in [1.165, 1.54) is 14.9 Å². The molecule has 0 saturated carbocycles. The monoisotopic (exact) mass is 429 g/mol. The minimum absolute atomic E-state index is 0.0855. The number of nitriles is 1. The first-order valence-corrected chi connectivity index (χ1v) is 10.3. The van der Waals surface area contributed by atoms with Gasteiger partial charge in [0.15, 0.2) is 0 Å². The van der Waals surface area contributed by atoms with Crippen LogP contribution in [0.2, 0.25) is 0 Å². The first-order valence-electron chi connectivity index (χ1n) is 10.3. The minimum atomic E-state index is -0.675. The van der Waals surface area contributed by atoms with Crippen LogP contribution in [-0.4, -0.2) is 91.0 Å². The number of hydrogen-bond acceptors (Lipinski definition) is 7. The minimum Gasteiger partial charge on any atom is -0.497 e. The number of likely N-dealkylation sites (N-methyl/N-ethyl adjacent to an activating group) is 1. The fraction of sp³-hybridized carbons (Fsp3) is 0.545. The molecule has 2 rings (SSSR count). The van der Waals surface area contributed by atoms with Gasteiger partial charge in [-0.05, 0) is 37.1 Å². The number of hydrazine groups is 1. The van der Waals surface area contributed by atoms with Gasteiger partial charge >= 0.3 is 0 Å². The second kappa shape index (κ2) is 11.4. The number of rotatable bonds is 11. The molecule has 2 atom stereocenters. The third kappa shape index (κ3) is 6.03. The molecule has 9 heteroatoms. The summed E-state index contributed by atoms with van der Waals surface area (Å²) in [6.07, 6.45) is 1.48. The lowest BCUT2D eigenvalue weighted by Crippen LogP contribution is -2.70. The number of aldehydes is 1. The summed E-state index contributed by atoms with van der Waals surface area (Å²) in [5.74, 6) is 0.415. The largest absolute Gasteiger partial charge is 0.497 e. The van der Waals surface area contributed by atoms with Crippen LogP contribution in [0.4, 0.5) is 0 Å². The Kier molecular flexibility index (Phi) is 8.97. The average Bonchev–Trinajstić information content (AvgIpc) is 2.75. The van der Waals surface area contributed by atoms with Crippen molar-refractivity contribution in [3.05, 3.63) is 29.8 Å². The first kappa shape index (κ1) is 24.3. The number of carbonyl (C=O) groups excluding carboxylic acids is 3. The van der Waals surface area contributed by atoms with Crippen LogP contribution in [-0.2, 0) is 20.8 Å². The van der Waals surface area contributed by atoms with Crippen molar-refractivity contribution in [2.24, 2.45) is 5.92 Å². The molecule has 1 unspecified atom stereocenters. The van der Waals surface area contributed by atoms with Crippen LogP contribution < -0.4 is 4.74 Å². The smallest absolute Gasteiger partial charge is 0.241 e. The molecule has 1 aliphatic rings. The molecule has 0 aromatic heterocycles. The number of amides is 2. The Balaban J connectivity index is 2.19. The molecule has 1 fully saturated rings. The molecule has 0 aliphatic carbocycles. The van der Waals surface area contributed by atoms with Gasteiger partial charge in [-0.15, -0.1) is 0 Å². The number of methoxy groups -OCH3 is 1. The van der Waals surface area contributed by atoms with E-state index in [0.717, 1.165) is 24.0 Å². The van der Waals surface area contributed by atoms with Crippen molar-refractivity contribution in [2.75, 3.05) is 40.3 Å². The Morgan fingerprint density at radius 2 is 1.97 bits per heavy atom. The zero-order valence-corrected chi connectivity index (χ0v) is 18.6. The van der Waals surface area contributed by atoms with Crippen LogP contribution in [0.15, 0.2) is 24.3 Å². The van der Waals surface area contributed by atoms with Gasteiger partial charge in [0.2, 0.25) is 12.3 Å². The van der Waals surface area contributed by atoms with Crippen molar-refractivity contribution >= 4 is 18.6 Å². The van der Waals surface area contributed by atoms with Gasteiger partial charge in [0, 0.05) is 13.1 Å². The van der Waals surface area contributed by atoms with Crippen LogP contribution in [0.3, 0.4) is 0 Å². The zero-order valence-electron chi connectivity index (χ0n) is 18.6. The van der Waals surface area contributed by atoms with Crippen LogP contribution in [0.1, 0.15) is 19.4 Å². The molecule has 0 bridgehead atoms. The van der Waals surface area contributed by atoms with E-state index in [9.17, 15) is 14.4 Å². The fourth-order valence-electron chi connectivity index (χ4n) is 3.72. The maximum atomic E-state index is 12.9. The molecule has 1 aliphatic heterocycles. The fourth-order valence-corrected chi connectivity index (χ4v) is 3.72. The lowest BCUT2D eigenvalue weighted by atomic mass is 10.0. The van der Waals surface area contributed by atoms with Crippen molar-refractivity contribution in [1.82, 2.24) is 19.8 Å². The zero-order chi connectivity index (χ0) is 23.0. The molecule has 9 nitrogen and oxygen atoms in total. The van der Waals surface area contributed by atoms with E-state index in [0.29, 0.717) is 19.5 Å². The molecular formula is C22H31N5O4. The first-order chi connectivity index (χ1) is 14.9. The highest BCUT2D eigenvalue weighted by Gasteiger charge is 2.43. The molecule has 1 heterocycles. The summed E-state index contributed by atoms with van der Waals surface area (Å²) >= 11 is 0. The van der Waals surface area contributed by atoms with Gasteiger partial charge in [0.25, 0.3) is 0 Å². The molecule has 0 radical (unpaired) electrons. The van der Waals surface area contributed by atoms with E-state index in [-0.39, 0.29) is 24.9 Å². The van der Waals surface area contributed by atoms with E-state index < -0.39 is 12.2 Å². The molecule has 2 amide bonds. The summed E-state index contributed by atoms with van der Waals surface area (Å²) in [5.41, 5.74) is 1.13. The van der Waals surface area contributed by atoms with Gasteiger partial charge < -0.3 is 19.3 Å². The van der Waals surface area contributed by atoms with Gasteiger partial charge in [-0.2, -0.15) is 10.3 Å². The second-order valence-corrected chi connectivity index (χ2v) is 7.98. The third-order valence-corrected chi connectivity index (χ3v) is 5.48. The van der Waals surface area contributed by atoms with Crippen molar-refractivity contribution in [1.29, 1.82) is 5.26 Å². The van der Waals surface area contributed by atoms with Crippen LogP contribution >= 0.6 is 0 Å². The van der Waals surface area contributed by atoms with Gasteiger partial charge in [-0.25, -0.2) is 0 Å². The molecular weight excluding hydrogens is 398 g/mol. The Morgan fingerprint density at radius 1 is 1.29 bits per heavy atom. The van der Waals surface area contributed by atoms with E-state index >= 15 is 0 Å². The van der Waals surface area contributed by atoms with E-state index in [4.69, 9.17) is 10.00 Å². The van der Waals surface area contributed by atoms with Crippen molar-refractivity contribution < 1.29 is 19.1 Å². The van der Waals surface area contributed by atoms with Gasteiger partial charge in [-0.3, -0.25) is 14.6 Å². The quantitative estimate of drug-likeness (QED) is 0.378. The number of ether oxygens (including phenoxy) is 1. The Bertz CT molecular complexity index is 792. The van der Waals surface area contributed by atoms with E-state index in [1.807, 2.05) is 56.1 Å². The van der Waals surface area contributed by atoms with Crippen LogP contribution in [0, 0.1) is 17.2 Å². The number of benzene rings is 1. The predicted octanol–water partition coefficient (Wildman–Crippen LogP) is 0.760. The Morgan fingerprint density at radius 3 is 2.48 bits per heavy atom.